The Bertz CT molecular complexity index is 1180. The molecule has 3 N–H and O–H groups in total. The highest BCUT2D eigenvalue weighted by molar-refractivity contribution is 7.93. The molecule has 0 saturated carbocycles. The maximum absolute atomic E-state index is 12.6. The SMILES string of the molecule is CC(=O)Nc1ccc(NC(=O)c2sc(NS(=O)(=O)c3ccc(C)cc3)nc2C)cc1. The van der Waals surface area contributed by atoms with Crippen LogP contribution in [0.3, 0.4) is 0 Å². The van der Waals surface area contributed by atoms with Gasteiger partial charge in [0.15, 0.2) is 5.13 Å². The Kier molecular flexibility index (Phi) is 6.18. The molecule has 30 heavy (non-hydrogen) atoms. The fourth-order valence-corrected chi connectivity index (χ4v) is 4.67. The van der Waals surface area contributed by atoms with Gasteiger partial charge >= 0.3 is 0 Å². The highest BCUT2D eigenvalue weighted by Gasteiger charge is 2.20. The number of aryl methyl sites for hydroxylation is 2. The van der Waals surface area contributed by atoms with Crippen molar-refractivity contribution in [1.29, 1.82) is 0 Å². The first-order chi connectivity index (χ1) is 14.1. The van der Waals surface area contributed by atoms with Gasteiger partial charge in [-0.05, 0) is 50.2 Å². The van der Waals surface area contributed by atoms with Crippen molar-refractivity contribution >= 4 is 49.7 Å². The number of hydrogen-bond acceptors (Lipinski definition) is 6. The van der Waals surface area contributed by atoms with Crippen LogP contribution >= 0.6 is 11.3 Å². The van der Waals surface area contributed by atoms with E-state index in [4.69, 9.17) is 0 Å². The molecule has 8 nitrogen and oxygen atoms in total. The third-order valence-corrected chi connectivity index (χ3v) is 6.57. The molecule has 2 amide bonds. The molecule has 0 aliphatic heterocycles. The summed E-state index contributed by atoms with van der Waals surface area (Å²) < 4.78 is 27.5. The molecule has 0 aliphatic carbocycles. The molecule has 0 unspecified atom stereocenters. The van der Waals surface area contributed by atoms with Crippen LogP contribution in [0.4, 0.5) is 16.5 Å². The summed E-state index contributed by atoms with van der Waals surface area (Å²) >= 11 is 0.953. The molecule has 3 aromatic rings. The average molecular weight is 445 g/mol. The van der Waals surface area contributed by atoms with E-state index in [1.165, 1.54) is 19.1 Å². The minimum atomic E-state index is -3.80. The molecule has 0 radical (unpaired) electrons. The van der Waals surface area contributed by atoms with Crippen molar-refractivity contribution in [3.05, 3.63) is 64.7 Å². The highest BCUT2D eigenvalue weighted by atomic mass is 32.2. The molecule has 0 aliphatic rings. The lowest BCUT2D eigenvalue weighted by Crippen LogP contribution is -2.12. The van der Waals surface area contributed by atoms with Crippen molar-refractivity contribution in [2.75, 3.05) is 15.4 Å². The molecule has 10 heteroatoms. The predicted octanol–water partition coefficient (Wildman–Crippen LogP) is 3.77. The molecular weight excluding hydrogens is 424 g/mol. The minimum Gasteiger partial charge on any atom is -0.326 e. The Morgan fingerprint density at radius 1 is 0.900 bits per heavy atom. The third-order valence-electron chi connectivity index (χ3n) is 4.02. The van der Waals surface area contributed by atoms with Gasteiger partial charge < -0.3 is 10.6 Å². The van der Waals surface area contributed by atoms with Crippen LogP contribution in [-0.2, 0) is 14.8 Å². The van der Waals surface area contributed by atoms with Crippen molar-refractivity contribution < 1.29 is 18.0 Å². The molecule has 1 aromatic heterocycles. The number of carbonyl (C=O) groups excluding carboxylic acids is 2. The van der Waals surface area contributed by atoms with Crippen LogP contribution in [0, 0.1) is 13.8 Å². The molecule has 3 rings (SSSR count). The normalized spacial score (nSPS) is 11.0. The topological polar surface area (TPSA) is 117 Å². The second kappa shape index (κ2) is 8.64. The largest absolute Gasteiger partial charge is 0.326 e. The van der Waals surface area contributed by atoms with E-state index in [9.17, 15) is 18.0 Å². The zero-order chi connectivity index (χ0) is 21.9. The molecule has 0 fully saturated rings. The van der Waals surface area contributed by atoms with Crippen molar-refractivity contribution in [2.45, 2.75) is 25.7 Å². The maximum atomic E-state index is 12.6. The molecular formula is C20H20N4O4S2. The quantitative estimate of drug-likeness (QED) is 0.535. The van der Waals surface area contributed by atoms with Gasteiger partial charge in [0, 0.05) is 18.3 Å². The van der Waals surface area contributed by atoms with E-state index in [2.05, 4.69) is 20.3 Å². The van der Waals surface area contributed by atoms with Gasteiger partial charge in [-0.25, -0.2) is 13.4 Å². The summed E-state index contributed by atoms with van der Waals surface area (Å²) in [5.41, 5.74) is 2.50. The van der Waals surface area contributed by atoms with Gasteiger partial charge in [0.05, 0.1) is 10.6 Å². The molecule has 0 atom stereocenters. The number of rotatable bonds is 6. The van der Waals surface area contributed by atoms with E-state index >= 15 is 0 Å². The van der Waals surface area contributed by atoms with E-state index in [0.717, 1.165) is 16.9 Å². The van der Waals surface area contributed by atoms with E-state index in [1.807, 2.05) is 6.92 Å². The summed E-state index contributed by atoms with van der Waals surface area (Å²) in [6, 6.07) is 13.1. The molecule has 0 spiro atoms. The van der Waals surface area contributed by atoms with Crippen LogP contribution in [0.25, 0.3) is 0 Å². The van der Waals surface area contributed by atoms with Gasteiger partial charge in [-0.3, -0.25) is 14.3 Å². The van der Waals surface area contributed by atoms with Gasteiger partial charge in [0.1, 0.15) is 4.88 Å². The number of anilines is 3. The number of thiazole rings is 1. The minimum absolute atomic E-state index is 0.110. The summed E-state index contributed by atoms with van der Waals surface area (Å²) in [7, 11) is -3.80. The van der Waals surface area contributed by atoms with Crippen LogP contribution in [-0.4, -0.2) is 25.2 Å². The number of nitrogens with one attached hydrogen (secondary N) is 3. The van der Waals surface area contributed by atoms with Crippen molar-refractivity contribution in [3.8, 4) is 0 Å². The second-order valence-corrected chi connectivity index (χ2v) is 9.25. The zero-order valence-electron chi connectivity index (χ0n) is 16.5. The Morgan fingerprint density at radius 2 is 1.47 bits per heavy atom. The Hall–Kier alpha value is -3.24. The molecule has 0 saturated heterocycles. The number of hydrogen-bond donors (Lipinski definition) is 3. The molecule has 1 heterocycles. The monoisotopic (exact) mass is 444 g/mol. The summed E-state index contributed by atoms with van der Waals surface area (Å²) in [5, 5.41) is 5.49. The standard InChI is InChI=1S/C20H20N4O4S2/c1-12-4-10-17(11-5-12)30(27,28)24-20-21-13(2)18(29-20)19(26)23-16-8-6-15(7-9-16)22-14(3)25/h4-11H,1-3H3,(H,21,24)(H,22,25)(H,23,26). The first kappa shape index (κ1) is 21.5. The van der Waals surface area contributed by atoms with Crippen LogP contribution in [0.15, 0.2) is 53.4 Å². The van der Waals surface area contributed by atoms with E-state index in [-0.39, 0.29) is 15.9 Å². The summed E-state index contributed by atoms with van der Waals surface area (Å²) in [6.07, 6.45) is 0. The second-order valence-electron chi connectivity index (χ2n) is 6.56. The van der Waals surface area contributed by atoms with Gasteiger partial charge in [0.25, 0.3) is 15.9 Å². The number of benzene rings is 2. The first-order valence-electron chi connectivity index (χ1n) is 8.90. The lowest BCUT2D eigenvalue weighted by atomic mass is 10.2. The number of amides is 2. The van der Waals surface area contributed by atoms with Crippen LogP contribution in [0.2, 0.25) is 0 Å². The van der Waals surface area contributed by atoms with Crippen LogP contribution in [0.5, 0.6) is 0 Å². The molecule has 156 valence electrons. The summed E-state index contributed by atoms with van der Waals surface area (Å²) in [6.45, 7) is 4.91. The van der Waals surface area contributed by atoms with Gasteiger partial charge in [-0.1, -0.05) is 29.0 Å². The number of nitrogens with zero attached hydrogens (tertiary/aromatic N) is 1. The Morgan fingerprint density at radius 3 is 2.03 bits per heavy atom. The zero-order valence-corrected chi connectivity index (χ0v) is 18.1. The van der Waals surface area contributed by atoms with Crippen LogP contribution in [0.1, 0.15) is 27.9 Å². The van der Waals surface area contributed by atoms with Gasteiger partial charge in [0.2, 0.25) is 5.91 Å². The summed E-state index contributed by atoms with van der Waals surface area (Å²) in [4.78, 5) is 28.2. The Labute approximate surface area is 178 Å². The summed E-state index contributed by atoms with van der Waals surface area (Å²) in [5.74, 6) is -0.592. The molecule has 2 aromatic carbocycles. The fraction of sp³-hybridized carbons (Fsp3) is 0.150. The average Bonchev–Trinajstić information content (AvgIpc) is 3.03. The van der Waals surface area contributed by atoms with Crippen molar-refractivity contribution in [3.63, 3.8) is 0 Å². The van der Waals surface area contributed by atoms with E-state index in [0.29, 0.717) is 21.9 Å². The fourth-order valence-electron chi connectivity index (χ4n) is 2.57. The van der Waals surface area contributed by atoms with Crippen molar-refractivity contribution in [2.24, 2.45) is 0 Å². The lowest BCUT2D eigenvalue weighted by molar-refractivity contribution is -0.114. The molecule has 0 bridgehead atoms. The maximum Gasteiger partial charge on any atom is 0.267 e. The third kappa shape index (κ3) is 5.22. The van der Waals surface area contributed by atoms with Gasteiger partial charge in [-0.15, -0.1) is 0 Å². The van der Waals surface area contributed by atoms with Crippen LogP contribution < -0.4 is 15.4 Å². The predicted molar refractivity (Wildman–Crippen MR) is 118 cm³/mol. The van der Waals surface area contributed by atoms with E-state index < -0.39 is 15.9 Å². The number of aromatic nitrogens is 1. The highest BCUT2D eigenvalue weighted by Crippen LogP contribution is 2.26. The first-order valence-corrected chi connectivity index (χ1v) is 11.2. The Balaban J connectivity index is 1.73. The lowest BCUT2D eigenvalue weighted by Gasteiger charge is -2.06. The van der Waals surface area contributed by atoms with E-state index in [1.54, 1.807) is 43.3 Å². The van der Waals surface area contributed by atoms with Crippen molar-refractivity contribution in [1.82, 2.24) is 4.98 Å². The van der Waals surface area contributed by atoms with Gasteiger partial charge in [-0.2, -0.15) is 0 Å². The number of carbonyl (C=O) groups is 2. The smallest absolute Gasteiger partial charge is 0.267 e. The number of sulfonamides is 1.